The van der Waals surface area contributed by atoms with Crippen LogP contribution in [0, 0.1) is 11.3 Å². The van der Waals surface area contributed by atoms with Crippen molar-refractivity contribution in [2.75, 3.05) is 18.0 Å². The first-order valence-corrected chi connectivity index (χ1v) is 10.2. The van der Waals surface area contributed by atoms with Crippen molar-refractivity contribution in [1.82, 2.24) is 4.90 Å². The number of carbonyl (C=O) groups excluding carboxylic acids is 1. The van der Waals surface area contributed by atoms with Crippen molar-refractivity contribution in [3.05, 3.63) is 65.2 Å². The third-order valence-corrected chi connectivity index (χ3v) is 5.09. The van der Waals surface area contributed by atoms with Gasteiger partial charge in [0.1, 0.15) is 0 Å². The topological polar surface area (TPSA) is 56.6 Å². The van der Waals surface area contributed by atoms with Crippen molar-refractivity contribution in [2.24, 2.45) is 0 Å². The monoisotopic (exact) mass is 391 g/mol. The van der Waals surface area contributed by atoms with E-state index in [9.17, 15) is 10.1 Å². The number of hydrogen-bond donors (Lipinski definition) is 0. The van der Waals surface area contributed by atoms with Crippen LogP contribution in [0.5, 0.6) is 0 Å². The van der Waals surface area contributed by atoms with E-state index in [4.69, 9.17) is 4.74 Å². The van der Waals surface area contributed by atoms with E-state index in [0.717, 1.165) is 25.3 Å². The molecule has 0 spiro atoms. The van der Waals surface area contributed by atoms with Gasteiger partial charge < -0.3 is 9.64 Å². The van der Waals surface area contributed by atoms with Gasteiger partial charge in [-0.15, -0.1) is 0 Å². The van der Waals surface area contributed by atoms with Crippen molar-refractivity contribution in [3.63, 3.8) is 0 Å². The number of carbonyl (C=O) groups is 1. The number of rotatable bonds is 5. The van der Waals surface area contributed by atoms with E-state index < -0.39 is 0 Å². The largest absolute Gasteiger partial charge is 0.373 e. The van der Waals surface area contributed by atoms with Gasteiger partial charge in [0.05, 0.1) is 23.8 Å². The molecule has 0 bridgehead atoms. The summed E-state index contributed by atoms with van der Waals surface area (Å²) in [4.78, 5) is 17.3. The first-order valence-electron chi connectivity index (χ1n) is 10.2. The quantitative estimate of drug-likeness (QED) is 0.766. The molecule has 2 aromatic rings. The van der Waals surface area contributed by atoms with E-state index in [1.807, 2.05) is 50.2 Å². The molecule has 0 saturated carbocycles. The minimum Gasteiger partial charge on any atom is -0.373 e. The van der Waals surface area contributed by atoms with Crippen LogP contribution in [0.2, 0.25) is 0 Å². The summed E-state index contributed by atoms with van der Waals surface area (Å²) in [5.74, 6) is -0.0599. The van der Waals surface area contributed by atoms with Gasteiger partial charge in [-0.3, -0.25) is 9.69 Å². The molecule has 1 aliphatic heterocycles. The molecule has 2 aromatic carbocycles. The molecule has 1 heterocycles. The molecule has 5 heteroatoms. The number of hydrogen-bond acceptors (Lipinski definition) is 4. The summed E-state index contributed by atoms with van der Waals surface area (Å²) in [6.07, 6.45) is 0.478. The van der Waals surface area contributed by atoms with Crippen LogP contribution in [-0.4, -0.2) is 42.1 Å². The maximum absolute atomic E-state index is 13.2. The fourth-order valence-corrected chi connectivity index (χ4v) is 3.94. The Kier molecular flexibility index (Phi) is 6.68. The van der Waals surface area contributed by atoms with Gasteiger partial charge >= 0.3 is 0 Å². The highest BCUT2D eigenvalue weighted by Gasteiger charge is 2.23. The maximum atomic E-state index is 13.2. The molecule has 152 valence electrons. The molecule has 29 heavy (non-hydrogen) atoms. The zero-order valence-corrected chi connectivity index (χ0v) is 17.6. The lowest BCUT2D eigenvalue weighted by atomic mass is 10.1. The van der Waals surface area contributed by atoms with E-state index in [-0.39, 0.29) is 24.2 Å². The van der Waals surface area contributed by atoms with Gasteiger partial charge in [-0.1, -0.05) is 18.2 Å². The number of nitriles is 1. The molecule has 1 amide bonds. The average molecular weight is 392 g/mol. The molecule has 1 fully saturated rings. The van der Waals surface area contributed by atoms with Crippen LogP contribution in [0.1, 0.15) is 49.2 Å². The van der Waals surface area contributed by atoms with Crippen molar-refractivity contribution >= 4 is 11.6 Å². The van der Waals surface area contributed by atoms with Crippen LogP contribution in [-0.2, 0) is 11.3 Å². The molecule has 0 radical (unpaired) electrons. The van der Waals surface area contributed by atoms with Gasteiger partial charge in [-0.2, -0.15) is 5.26 Å². The normalized spacial score (nSPS) is 19.7. The van der Waals surface area contributed by atoms with Crippen molar-refractivity contribution in [3.8, 4) is 6.07 Å². The lowest BCUT2D eigenvalue weighted by molar-refractivity contribution is -0.0704. The highest BCUT2D eigenvalue weighted by atomic mass is 16.5. The summed E-state index contributed by atoms with van der Waals surface area (Å²) in [6.45, 7) is 10.9. The summed E-state index contributed by atoms with van der Waals surface area (Å²) in [5.41, 5.74) is 3.12. The predicted octanol–water partition coefficient (Wildman–Crippen LogP) is 4.22. The Labute approximate surface area is 173 Å². The Balaban J connectivity index is 1.75. The Hall–Kier alpha value is -2.68. The fraction of sp³-hybridized carbons (Fsp3) is 0.417. The second kappa shape index (κ2) is 9.21. The second-order valence-electron chi connectivity index (χ2n) is 8.08. The van der Waals surface area contributed by atoms with Gasteiger partial charge in [-0.05, 0) is 63.6 Å². The van der Waals surface area contributed by atoms with Crippen LogP contribution in [0.15, 0.2) is 48.5 Å². The van der Waals surface area contributed by atoms with Crippen LogP contribution in [0.25, 0.3) is 0 Å². The molecule has 2 atom stereocenters. The molecule has 0 aromatic heterocycles. The van der Waals surface area contributed by atoms with E-state index >= 15 is 0 Å². The zero-order chi connectivity index (χ0) is 21.0. The Morgan fingerprint density at radius 3 is 2.41 bits per heavy atom. The Bertz CT molecular complexity index is 876. The minimum absolute atomic E-state index is 0.0209. The summed E-state index contributed by atoms with van der Waals surface area (Å²) in [6, 6.07) is 17.2. The Morgan fingerprint density at radius 2 is 1.83 bits per heavy atom. The molecule has 0 aliphatic carbocycles. The highest BCUT2D eigenvalue weighted by molar-refractivity contribution is 6.06. The second-order valence-corrected chi connectivity index (χ2v) is 8.08. The van der Waals surface area contributed by atoms with Gasteiger partial charge in [0.15, 0.2) is 0 Å². The molecular weight excluding hydrogens is 362 g/mol. The molecule has 0 N–H and O–H groups in total. The van der Waals surface area contributed by atoms with E-state index in [1.165, 1.54) is 5.56 Å². The molecule has 1 aliphatic rings. The standard InChI is InChI=1S/C24H29N3O2/c1-17(2)27(23-7-5-6-21(12-23)13-25)24(28)22-10-8-20(9-11-22)16-26-14-18(3)29-19(4)15-26/h5-12,17-19H,14-16H2,1-4H3. The third-order valence-electron chi connectivity index (χ3n) is 5.09. The van der Waals surface area contributed by atoms with Crippen LogP contribution in [0.3, 0.4) is 0 Å². The van der Waals surface area contributed by atoms with Crippen molar-refractivity contribution in [2.45, 2.75) is 52.5 Å². The summed E-state index contributed by atoms with van der Waals surface area (Å²) < 4.78 is 5.80. The predicted molar refractivity (Wildman–Crippen MR) is 115 cm³/mol. The lowest BCUT2D eigenvalue weighted by Crippen LogP contribution is -2.44. The average Bonchev–Trinajstić information content (AvgIpc) is 2.67. The minimum atomic E-state index is -0.0599. The van der Waals surface area contributed by atoms with Crippen LogP contribution < -0.4 is 4.90 Å². The van der Waals surface area contributed by atoms with Crippen molar-refractivity contribution < 1.29 is 9.53 Å². The van der Waals surface area contributed by atoms with Crippen LogP contribution in [0.4, 0.5) is 5.69 Å². The van der Waals surface area contributed by atoms with Crippen molar-refractivity contribution in [1.29, 1.82) is 5.26 Å². The third kappa shape index (κ3) is 5.23. The summed E-state index contributed by atoms with van der Waals surface area (Å²) in [5, 5.41) is 9.17. The number of nitrogens with zero attached hydrogens (tertiary/aromatic N) is 3. The van der Waals surface area contributed by atoms with E-state index in [0.29, 0.717) is 11.1 Å². The lowest BCUT2D eigenvalue weighted by Gasteiger charge is -2.35. The Morgan fingerprint density at radius 1 is 1.17 bits per heavy atom. The SMILES string of the molecule is CC1CN(Cc2ccc(C(=O)N(c3cccc(C#N)c3)C(C)C)cc2)CC(C)O1. The molecule has 5 nitrogen and oxygen atoms in total. The number of amides is 1. The van der Waals surface area contributed by atoms with Gasteiger partial charge in [-0.25, -0.2) is 0 Å². The number of morpholine rings is 1. The smallest absolute Gasteiger partial charge is 0.258 e. The van der Waals surface area contributed by atoms with Crippen LogP contribution >= 0.6 is 0 Å². The first kappa shape index (κ1) is 21.0. The van der Waals surface area contributed by atoms with Gasteiger partial charge in [0.2, 0.25) is 0 Å². The van der Waals surface area contributed by atoms with Gasteiger partial charge in [0, 0.05) is 36.9 Å². The number of ether oxygens (including phenoxy) is 1. The highest BCUT2D eigenvalue weighted by Crippen LogP contribution is 2.22. The fourth-order valence-electron chi connectivity index (χ4n) is 3.94. The van der Waals surface area contributed by atoms with E-state index in [2.05, 4.69) is 24.8 Å². The molecular formula is C24H29N3O2. The van der Waals surface area contributed by atoms with Gasteiger partial charge in [0.25, 0.3) is 5.91 Å². The molecule has 2 unspecified atom stereocenters. The maximum Gasteiger partial charge on any atom is 0.258 e. The molecule has 3 rings (SSSR count). The summed E-state index contributed by atoms with van der Waals surface area (Å²) in [7, 11) is 0. The molecule has 1 saturated heterocycles. The van der Waals surface area contributed by atoms with E-state index in [1.54, 1.807) is 17.0 Å². The number of anilines is 1. The summed E-state index contributed by atoms with van der Waals surface area (Å²) >= 11 is 0. The zero-order valence-electron chi connectivity index (χ0n) is 17.6. The number of benzene rings is 2. The first-order chi connectivity index (χ1) is 13.9.